The Hall–Kier alpha value is -2.28. The fourth-order valence-corrected chi connectivity index (χ4v) is 3.66. The molecule has 2 aliphatic rings. The fourth-order valence-electron chi connectivity index (χ4n) is 3.66. The molecule has 1 aliphatic carbocycles. The molecular formula is C19H26N2O5. The summed E-state index contributed by atoms with van der Waals surface area (Å²) in [7, 11) is 1.62. The normalized spacial score (nSPS) is 24.2. The quantitative estimate of drug-likeness (QED) is 0.760. The fraction of sp³-hybridized carbons (Fsp3) is 0.579. The number of benzene rings is 1. The average Bonchev–Trinajstić information content (AvgIpc) is 2.61. The van der Waals surface area contributed by atoms with Gasteiger partial charge in [0.2, 0.25) is 5.91 Å². The lowest BCUT2D eigenvalue weighted by Gasteiger charge is -2.42. The van der Waals surface area contributed by atoms with Crippen LogP contribution in [0.2, 0.25) is 0 Å². The van der Waals surface area contributed by atoms with E-state index in [0.717, 1.165) is 29.9 Å². The lowest BCUT2D eigenvalue weighted by Crippen LogP contribution is -2.56. The third-order valence-corrected chi connectivity index (χ3v) is 5.27. The van der Waals surface area contributed by atoms with Crippen LogP contribution in [0.4, 0.5) is 0 Å². The zero-order chi connectivity index (χ0) is 18.7. The van der Waals surface area contributed by atoms with Gasteiger partial charge in [0.05, 0.1) is 19.6 Å². The van der Waals surface area contributed by atoms with Crippen molar-refractivity contribution in [2.24, 2.45) is 5.92 Å². The van der Waals surface area contributed by atoms with Crippen LogP contribution in [-0.4, -0.2) is 60.8 Å². The molecule has 0 bridgehead atoms. The molecule has 7 nitrogen and oxygen atoms in total. The molecule has 3 rings (SSSR count). The minimum absolute atomic E-state index is 0.00297. The Morgan fingerprint density at radius 3 is 2.81 bits per heavy atom. The number of ether oxygens (including phenoxy) is 2. The van der Waals surface area contributed by atoms with Crippen molar-refractivity contribution in [3.8, 4) is 11.5 Å². The molecule has 1 atom stereocenters. The molecule has 1 unspecified atom stereocenters. The number of hydrogen-bond donors (Lipinski definition) is 2. The number of carbonyl (C=O) groups is 2. The summed E-state index contributed by atoms with van der Waals surface area (Å²) in [6.07, 6.45) is 2.23. The van der Waals surface area contributed by atoms with Crippen LogP contribution in [0.1, 0.15) is 25.3 Å². The monoisotopic (exact) mass is 362 g/mol. The first-order chi connectivity index (χ1) is 12.5. The van der Waals surface area contributed by atoms with E-state index >= 15 is 0 Å². The van der Waals surface area contributed by atoms with Gasteiger partial charge in [-0.15, -0.1) is 0 Å². The number of likely N-dealkylation sites (N-methyl/N-ethyl adjacent to an activating group) is 1. The zero-order valence-electron chi connectivity index (χ0n) is 15.2. The minimum atomic E-state index is -0.812. The number of nitrogens with one attached hydrogen (secondary N) is 1. The van der Waals surface area contributed by atoms with Gasteiger partial charge in [0.1, 0.15) is 18.1 Å². The molecule has 1 aromatic carbocycles. The first kappa shape index (κ1) is 18.5. The number of rotatable bonds is 7. The highest BCUT2D eigenvalue weighted by Crippen LogP contribution is 2.31. The average molecular weight is 362 g/mol. The van der Waals surface area contributed by atoms with Gasteiger partial charge in [0.15, 0.2) is 0 Å². The molecule has 0 aromatic heterocycles. The van der Waals surface area contributed by atoms with Crippen molar-refractivity contribution in [2.75, 3.05) is 26.8 Å². The van der Waals surface area contributed by atoms with E-state index in [2.05, 4.69) is 5.32 Å². The second kappa shape index (κ2) is 7.95. The number of hydrogen-bond acceptors (Lipinski definition) is 5. The van der Waals surface area contributed by atoms with Gasteiger partial charge in [-0.2, -0.15) is 0 Å². The Morgan fingerprint density at radius 2 is 2.15 bits per heavy atom. The van der Waals surface area contributed by atoms with E-state index in [1.54, 1.807) is 7.11 Å². The summed E-state index contributed by atoms with van der Waals surface area (Å²) in [6.45, 7) is 3.09. The lowest BCUT2D eigenvalue weighted by atomic mass is 9.84. The number of fused-ring (bicyclic) bond motifs is 1. The van der Waals surface area contributed by atoms with Gasteiger partial charge >= 0.3 is 5.97 Å². The topological polar surface area (TPSA) is 88.1 Å². The number of carboxylic acid groups (broad SMARTS) is 1. The van der Waals surface area contributed by atoms with E-state index in [1.165, 1.54) is 0 Å². The number of nitrogens with zero attached hydrogens (tertiary/aromatic N) is 1. The highest BCUT2D eigenvalue weighted by atomic mass is 16.5. The molecule has 2 N–H and O–H groups in total. The highest BCUT2D eigenvalue weighted by Gasteiger charge is 2.36. The molecule has 1 aromatic rings. The Labute approximate surface area is 153 Å². The van der Waals surface area contributed by atoms with Crippen molar-refractivity contribution in [1.82, 2.24) is 10.2 Å². The predicted octanol–water partition coefficient (Wildman–Crippen LogP) is 1.30. The summed E-state index contributed by atoms with van der Waals surface area (Å²) in [4.78, 5) is 25.4. The summed E-state index contributed by atoms with van der Waals surface area (Å²) in [5.74, 6) is 0.546. The first-order valence-electron chi connectivity index (χ1n) is 9.06. The molecule has 7 heteroatoms. The minimum Gasteiger partial charge on any atom is -0.497 e. The van der Waals surface area contributed by atoms with Crippen LogP contribution in [0.15, 0.2) is 18.2 Å². The molecular weight excluding hydrogens is 336 g/mol. The smallest absolute Gasteiger partial charge is 0.317 e. The van der Waals surface area contributed by atoms with Gasteiger partial charge in [-0.25, -0.2) is 0 Å². The van der Waals surface area contributed by atoms with Crippen molar-refractivity contribution < 1.29 is 24.2 Å². The molecule has 1 amide bonds. The maximum absolute atomic E-state index is 12.6. The molecule has 0 saturated heterocycles. The maximum atomic E-state index is 12.6. The largest absolute Gasteiger partial charge is 0.497 e. The van der Waals surface area contributed by atoms with Crippen LogP contribution in [0.25, 0.3) is 0 Å². The van der Waals surface area contributed by atoms with Crippen LogP contribution in [0.3, 0.4) is 0 Å². The standard InChI is InChI=1S/C19H26N2O5/c1-3-21(10-18(22)23)15-8-14(9-15)20-19(24)13-6-12-7-16(25-2)4-5-17(12)26-11-13/h4-5,7,13-15H,3,6,8-11H2,1-2H3,(H,20,24)(H,22,23). The van der Waals surface area contributed by atoms with Crippen molar-refractivity contribution >= 4 is 11.9 Å². The Kier molecular flexibility index (Phi) is 5.66. The molecule has 1 aliphatic heterocycles. The number of carboxylic acids is 1. The lowest BCUT2D eigenvalue weighted by molar-refractivity contribution is -0.140. The molecule has 1 saturated carbocycles. The van der Waals surface area contributed by atoms with E-state index < -0.39 is 5.97 Å². The van der Waals surface area contributed by atoms with Gasteiger partial charge < -0.3 is 19.9 Å². The number of aliphatic carboxylic acids is 1. The predicted molar refractivity (Wildman–Crippen MR) is 95.5 cm³/mol. The second-order valence-electron chi connectivity index (χ2n) is 6.97. The van der Waals surface area contributed by atoms with Crippen molar-refractivity contribution in [3.05, 3.63) is 23.8 Å². The van der Waals surface area contributed by atoms with Crippen molar-refractivity contribution in [2.45, 2.75) is 38.3 Å². The van der Waals surface area contributed by atoms with Crippen LogP contribution in [0, 0.1) is 5.92 Å². The Bertz CT molecular complexity index is 672. The molecule has 0 radical (unpaired) electrons. The van der Waals surface area contributed by atoms with Crippen LogP contribution < -0.4 is 14.8 Å². The van der Waals surface area contributed by atoms with Crippen molar-refractivity contribution in [1.29, 1.82) is 0 Å². The molecule has 1 fully saturated rings. The third kappa shape index (κ3) is 4.09. The number of amides is 1. The van der Waals surface area contributed by atoms with E-state index in [-0.39, 0.29) is 30.5 Å². The number of carbonyl (C=O) groups excluding carboxylic acids is 1. The van der Waals surface area contributed by atoms with Gasteiger partial charge in [0, 0.05) is 12.1 Å². The SMILES string of the molecule is CCN(CC(=O)O)C1CC(NC(=O)C2COc3ccc(OC)cc3C2)C1. The summed E-state index contributed by atoms with van der Waals surface area (Å²) in [6, 6.07) is 5.99. The highest BCUT2D eigenvalue weighted by molar-refractivity contribution is 5.80. The van der Waals surface area contributed by atoms with E-state index in [1.807, 2.05) is 30.0 Å². The molecule has 26 heavy (non-hydrogen) atoms. The van der Waals surface area contributed by atoms with Crippen LogP contribution in [-0.2, 0) is 16.0 Å². The maximum Gasteiger partial charge on any atom is 0.317 e. The first-order valence-corrected chi connectivity index (χ1v) is 9.06. The Morgan fingerprint density at radius 1 is 1.38 bits per heavy atom. The van der Waals surface area contributed by atoms with Crippen LogP contribution in [0.5, 0.6) is 11.5 Å². The zero-order valence-corrected chi connectivity index (χ0v) is 15.2. The van der Waals surface area contributed by atoms with E-state index in [4.69, 9.17) is 14.6 Å². The van der Waals surface area contributed by atoms with E-state index in [0.29, 0.717) is 19.6 Å². The van der Waals surface area contributed by atoms with Crippen LogP contribution >= 0.6 is 0 Å². The summed E-state index contributed by atoms with van der Waals surface area (Å²) < 4.78 is 11.0. The second-order valence-corrected chi connectivity index (χ2v) is 6.97. The third-order valence-electron chi connectivity index (χ3n) is 5.27. The van der Waals surface area contributed by atoms with Gasteiger partial charge in [0.25, 0.3) is 0 Å². The van der Waals surface area contributed by atoms with Gasteiger partial charge in [-0.05, 0) is 49.6 Å². The van der Waals surface area contributed by atoms with Crippen molar-refractivity contribution in [3.63, 3.8) is 0 Å². The van der Waals surface area contributed by atoms with E-state index in [9.17, 15) is 9.59 Å². The Balaban J connectivity index is 1.50. The number of methoxy groups -OCH3 is 1. The summed E-state index contributed by atoms with van der Waals surface area (Å²) in [5, 5.41) is 12.0. The van der Waals surface area contributed by atoms with Gasteiger partial charge in [-0.1, -0.05) is 6.92 Å². The molecule has 1 heterocycles. The molecule has 142 valence electrons. The summed E-state index contributed by atoms with van der Waals surface area (Å²) >= 11 is 0. The summed E-state index contributed by atoms with van der Waals surface area (Å²) in [5.41, 5.74) is 0.987. The van der Waals surface area contributed by atoms with Gasteiger partial charge in [-0.3, -0.25) is 14.5 Å². The molecule has 0 spiro atoms.